The summed E-state index contributed by atoms with van der Waals surface area (Å²) >= 11 is 0. The predicted octanol–water partition coefficient (Wildman–Crippen LogP) is 4.38. The number of nitrogens with one attached hydrogen (secondary N) is 1. The molecule has 2 heteroatoms. The highest BCUT2D eigenvalue weighted by atomic mass is 14.9. The fraction of sp³-hybridized carbons (Fsp3) is 0.750. The van der Waals surface area contributed by atoms with Crippen molar-refractivity contribution in [2.75, 3.05) is 7.05 Å². The van der Waals surface area contributed by atoms with Crippen LogP contribution in [0, 0.1) is 5.41 Å². The van der Waals surface area contributed by atoms with Crippen LogP contribution in [0.25, 0.3) is 0 Å². The van der Waals surface area contributed by atoms with Gasteiger partial charge in [-0.05, 0) is 43.4 Å². The summed E-state index contributed by atoms with van der Waals surface area (Å²) in [6, 6.07) is 2.77. The van der Waals surface area contributed by atoms with E-state index in [2.05, 4.69) is 63.1 Å². The quantitative estimate of drug-likeness (QED) is 0.760. The lowest BCUT2D eigenvalue weighted by atomic mass is 9.91. The first-order valence-corrected chi connectivity index (χ1v) is 7.29. The Labute approximate surface area is 113 Å². The fourth-order valence-corrected chi connectivity index (χ4v) is 2.36. The normalized spacial score (nSPS) is 13.8. The van der Waals surface area contributed by atoms with E-state index in [1.54, 1.807) is 0 Å². The number of aromatic nitrogens is 1. The van der Waals surface area contributed by atoms with Crippen LogP contribution < -0.4 is 5.32 Å². The maximum atomic E-state index is 3.40. The summed E-state index contributed by atoms with van der Waals surface area (Å²) in [5.41, 5.74) is 1.88. The summed E-state index contributed by atoms with van der Waals surface area (Å²) in [7, 11) is 2.05. The Balaban J connectivity index is 2.47. The summed E-state index contributed by atoms with van der Waals surface area (Å²) in [5, 5.41) is 3.40. The average molecular weight is 250 g/mol. The molecule has 1 aromatic heterocycles. The Morgan fingerprint density at radius 3 is 2.61 bits per heavy atom. The molecule has 0 aliphatic heterocycles. The Morgan fingerprint density at radius 1 is 1.33 bits per heavy atom. The van der Waals surface area contributed by atoms with Crippen molar-refractivity contribution in [1.29, 1.82) is 0 Å². The van der Waals surface area contributed by atoms with Gasteiger partial charge in [-0.25, -0.2) is 0 Å². The second kappa shape index (κ2) is 6.98. The summed E-state index contributed by atoms with van der Waals surface area (Å²) in [5.74, 6) is 0. The first-order chi connectivity index (χ1) is 8.46. The topological polar surface area (TPSA) is 17.0 Å². The fourth-order valence-electron chi connectivity index (χ4n) is 2.36. The Morgan fingerprint density at radius 2 is 2.06 bits per heavy atom. The highest BCUT2D eigenvalue weighted by Crippen LogP contribution is 2.22. The van der Waals surface area contributed by atoms with Crippen molar-refractivity contribution >= 4 is 0 Å². The zero-order valence-electron chi connectivity index (χ0n) is 12.8. The molecule has 0 saturated heterocycles. The molecular weight excluding hydrogens is 220 g/mol. The molecule has 0 spiro atoms. The van der Waals surface area contributed by atoms with Crippen molar-refractivity contribution in [2.45, 2.75) is 66.0 Å². The van der Waals surface area contributed by atoms with Gasteiger partial charge in [-0.2, -0.15) is 0 Å². The van der Waals surface area contributed by atoms with Crippen molar-refractivity contribution in [3.05, 3.63) is 24.0 Å². The number of hydrogen-bond donors (Lipinski definition) is 1. The van der Waals surface area contributed by atoms with E-state index in [1.165, 1.54) is 31.2 Å². The molecule has 0 fully saturated rings. The molecule has 0 radical (unpaired) electrons. The monoisotopic (exact) mass is 250 g/mol. The smallest absolute Gasteiger partial charge is 0.0332 e. The van der Waals surface area contributed by atoms with Crippen LogP contribution in [0.15, 0.2) is 18.5 Å². The van der Waals surface area contributed by atoms with E-state index in [4.69, 9.17) is 0 Å². The largest absolute Gasteiger partial charge is 0.354 e. The van der Waals surface area contributed by atoms with Crippen LogP contribution in [0.4, 0.5) is 0 Å². The van der Waals surface area contributed by atoms with Crippen molar-refractivity contribution in [2.24, 2.45) is 5.41 Å². The summed E-state index contributed by atoms with van der Waals surface area (Å²) in [4.78, 5) is 0. The van der Waals surface area contributed by atoms with Crippen molar-refractivity contribution in [1.82, 2.24) is 9.88 Å². The van der Waals surface area contributed by atoms with Crippen LogP contribution in [0.5, 0.6) is 0 Å². The van der Waals surface area contributed by atoms with E-state index in [-0.39, 0.29) is 0 Å². The molecular formula is C16H30N2. The molecule has 1 rings (SSSR count). The number of rotatable bonds is 7. The first-order valence-electron chi connectivity index (χ1n) is 7.29. The summed E-state index contributed by atoms with van der Waals surface area (Å²) in [6.07, 6.45) is 9.50. The third-order valence-corrected chi connectivity index (χ3v) is 3.44. The third kappa shape index (κ3) is 5.26. The SMILES string of the molecule is CCCC(NC)c1ccn(CCCC(C)(C)C)c1. The molecule has 1 heterocycles. The Hall–Kier alpha value is -0.760. The minimum atomic E-state index is 0.450. The van der Waals surface area contributed by atoms with Gasteiger partial charge in [0.25, 0.3) is 0 Å². The second-order valence-electron chi connectivity index (χ2n) is 6.48. The molecule has 18 heavy (non-hydrogen) atoms. The molecule has 0 saturated carbocycles. The molecule has 0 bridgehead atoms. The van der Waals surface area contributed by atoms with Gasteiger partial charge in [-0.1, -0.05) is 34.1 Å². The third-order valence-electron chi connectivity index (χ3n) is 3.44. The standard InChI is InChI=1S/C16H30N2/c1-6-8-15(17-5)14-9-12-18(13-14)11-7-10-16(2,3)4/h9,12-13,15,17H,6-8,10-11H2,1-5H3. The highest BCUT2D eigenvalue weighted by molar-refractivity contribution is 5.15. The van der Waals surface area contributed by atoms with Crippen LogP contribution in [-0.4, -0.2) is 11.6 Å². The lowest BCUT2D eigenvalue weighted by molar-refractivity contribution is 0.353. The number of aryl methyl sites for hydroxylation is 1. The molecule has 2 nitrogen and oxygen atoms in total. The maximum absolute atomic E-state index is 3.40. The van der Waals surface area contributed by atoms with Crippen LogP contribution in [0.1, 0.15) is 65.0 Å². The molecule has 1 unspecified atom stereocenters. The molecule has 0 aliphatic rings. The van der Waals surface area contributed by atoms with E-state index < -0.39 is 0 Å². The van der Waals surface area contributed by atoms with Gasteiger partial charge in [0.1, 0.15) is 0 Å². The summed E-state index contributed by atoms with van der Waals surface area (Å²) < 4.78 is 2.33. The average Bonchev–Trinajstić information content (AvgIpc) is 2.72. The molecule has 1 atom stereocenters. The minimum absolute atomic E-state index is 0.450. The zero-order chi connectivity index (χ0) is 13.6. The van der Waals surface area contributed by atoms with Gasteiger partial charge in [-0.15, -0.1) is 0 Å². The van der Waals surface area contributed by atoms with Crippen LogP contribution in [0.3, 0.4) is 0 Å². The van der Waals surface area contributed by atoms with Gasteiger partial charge in [0.05, 0.1) is 0 Å². The van der Waals surface area contributed by atoms with Gasteiger partial charge in [0, 0.05) is 25.0 Å². The lowest BCUT2D eigenvalue weighted by Gasteiger charge is -2.17. The molecule has 1 aromatic rings. The first kappa shape index (κ1) is 15.3. The molecule has 0 aromatic carbocycles. The Kier molecular flexibility index (Phi) is 5.94. The molecule has 104 valence electrons. The van der Waals surface area contributed by atoms with Gasteiger partial charge < -0.3 is 9.88 Å². The van der Waals surface area contributed by atoms with Crippen LogP contribution in [0.2, 0.25) is 0 Å². The van der Waals surface area contributed by atoms with E-state index in [9.17, 15) is 0 Å². The van der Waals surface area contributed by atoms with E-state index in [0.29, 0.717) is 11.5 Å². The highest BCUT2D eigenvalue weighted by Gasteiger charge is 2.11. The van der Waals surface area contributed by atoms with Gasteiger partial charge in [-0.3, -0.25) is 0 Å². The molecule has 1 N–H and O–H groups in total. The number of nitrogens with zero attached hydrogens (tertiary/aromatic N) is 1. The lowest BCUT2D eigenvalue weighted by Crippen LogP contribution is -2.15. The van der Waals surface area contributed by atoms with E-state index >= 15 is 0 Å². The van der Waals surface area contributed by atoms with Gasteiger partial charge in [0.15, 0.2) is 0 Å². The van der Waals surface area contributed by atoms with Gasteiger partial charge in [0.2, 0.25) is 0 Å². The van der Waals surface area contributed by atoms with Crippen molar-refractivity contribution < 1.29 is 0 Å². The van der Waals surface area contributed by atoms with Gasteiger partial charge >= 0.3 is 0 Å². The maximum Gasteiger partial charge on any atom is 0.0332 e. The van der Waals surface area contributed by atoms with Crippen LogP contribution in [-0.2, 0) is 6.54 Å². The van der Waals surface area contributed by atoms with E-state index in [1.807, 2.05) is 0 Å². The minimum Gasteiger partial charge on any atom is -0.354 e. The van der Waals surface area contributed by atoms with Crippen molar-refractivity contribution in [3.63, 3.8) is 0 Å². The van der Waals surface area contributed by atoms with Crippen molar-refractivity contribution in [3.8, 4) is 0 Å². The Bertz CT molecular complexity index is 333. The molecule has 0 amide bonds. The summed E-state index contributed by atoms with van der Waals surface area (Å²) in [6.45, 7) is 10.3. The molecule has 0 aliphatic carbocycles. The van der Waals surface area contributed by atoms with E-state index in [0.717, 1.165) is 6.54 Å². The number of hydrogen-bond acceptors (Lipinski definition) is 1. The predicted molar refractivity (Wildman–Crippen MR) is 79.8 cm³/mol. The zero-order valence-corrected chi connectivity index (χ0v) is 12.8. The van der Waals surface area contributed by atoms with Crippen LogP contribution >= 0.6 is 0 Å². The second-order valence-corrected chi connectivity index (χ2v) is 6.48.